The summed E-state index contributed by atoms with van der Waals surface area (Å²) in [5, 5.41) is 19.1. The number of amides is 4. The molecule has 0 saturated carbocycles. The fourth-order valence-electron chi connectivity index (χ4n) is 5.46. The Labute approximate surface area is 283 Å². The molecule has 1 saturated heterocycles. The molecule has 1 aromatic carbocycles. The Morgan fingerprint density at radius 1 is 1.00 bits per heavy atom. The number of ether oxygens (including phenoxy) is 1. The Balaban J connectivity index is 1.46. The molecule has 0 bridgehead atoms. The van der Waals surface area contributed by atoms with Crippen molar-refractivity contribution in [2.45, 2.75) is 124 Å². The second-order valence-corrected chi connectivity index (χ2v) is 15.2. The first-order valence-corrected chi connectivity index (χ1v) is 17.4. The van der Waals surface area contributed by atoms with Gasteiger partial charge in [0.2, 0.25) is 17.7 Å². The van der Waals surface area contributed by atoms with Crippen LogP contribution in [0.2, 0.25) is 0 Å². The van der Waals surface area contributed by atoms with Crippen LogP contribution in [0.4, 0.5) is 4.79 Å². The van der Waals surface area contributed by atoms with Crippen LogP contribution in [0.25, 0.3) is 10.4 Å². The Kier molecular flexibility index (Phi) is 13.8. The molecule has 1 aliphatic heterocycles. The first-order chi connectivity index (χ1) is 22.0. The lowest BCUT2D eigenvalue weighted by Crippen LogP contribution is -2.57. The number of carbonyl (C=O) groups is 4. The van der Waals surface area contributed by atoms with E-state index in [1.165, 1.54) is 4.90 Å². The van der Waals surface area contributed by atoms with Crippen LogP contribution in [0.5, 0.6) is 0 Å². The van der Waals surface area contributed by atoms with Gasteiger partial charge in [0.05, 0.1) is 22.2 Å². The van der Waals surface area contributed by atoms with Crippen molar-refractivity contribution in [2.24, 2.45) is 5.41 Å². The molecule has 12 heteroatoms. The van der Waals surface area contributed by atoms with Crippen molar-refractivity contribution in [3.63, 3.8) is 0 Å². The highest BCUT2D eigenvalue weighted by molar-refractivity contribution is 7.13. The van der Waals surface area contributed by atoms with Crippen molar-refractivity contribution in [3.05, 3.63) is 41.0 Å². The molecule has 3 atom stereocenters. The molecule has 2 aromatic rings. The molecule has 0 spiro atoms. The van der Waals surface area contributed by atoms with E-state index >= 15 is 0 Å². The number of aliphatic hydroxyl groups excluding tert-OH is 1. The summed E-state index contributed by atoms with van der Waals surface area (Å²) in [6.07, 6.45) is 3.36. The van der Waals surface area contributed by atoms with Crippen LogP contribution in [-0.4, -0.2) is 75.7 Å². The van der Waals surface area contributed by atoms with Gasteiger partial charge in [0, 0.05) is 32.5 Å². The molecule has 1 aromatic heterocycles. The fourth-order valence-corrected chi connectivity index (χ4v) is 6.27. The van der Waals surface area contributed by atoms with E-state index in [9.17, 15) is 24.3 Å². The quantitative estimate of drug-likeness (QED) is 0.204. The standard InChI is InChI=1S/C35H53N5O6S/c1-23-29(47-22-38-23)25-16-14-24(15-17-25)20-37-31(43)27-19-26(41)21-40(27)32(44)30(34(2,3)4)39-28(42)13-11-9-8-10-12-18-36-33(45)46-35(5,6)7/h14-17,22,26-27,30,41H,8-13,18-21H2,1-7H3,(H,36,45)(H,37,43)(H,39,42)/t26-,27+,30?/m1/s1. The average molecular weight is 672 g/mol. The Morgan fingerprint density at radius 3 is 2.28 bits per heavy atom. The van der Waals surface area contributed by atoms with E-state index < -0.39 is 35.3 Å². The zero-order chi connectivity index (χ0) is 34.8. The molecule has 1 fully saturated rings. The summed E-state index contributed by atoms with van der Waals surface area (Å²) in [7, 11) is 0. The maximum atomic E-state index is 13.8. The summed E-state index contributed by atoms with van der Waals surface area (Å²) in [5.41, 5.74) is 3.64. The van der Waals surface area contributed by atoms with Gasteiger partial charge >= 0.3 is 6.09 Å². The third kappa shape index (κ3) is 12.2. The van der Waals surface area contributed by atoms with Gasteiger partial charge in [-0.1, -0.05) is 64.3 Å². The van der Waals surface area contributed by atoms with Gasteiger partial charge in [0.25, 0.3) is 0 Å². The maximum Gasteiger partial charge on any atom is 0.407 e. The Hall–Kier alpha value is -3.51. The number of benzene rings is 1. The van der Waals surface area contributed by atoms with Crippen molar-refractivity contribution in [2.75, 3.05) is 13.1 Å². The van der Waals surface area contributed by atoms with Crippen molar-refractivity contribution >= 4 is 35.2 Å². The van der Waals surface area contributed by atoms with Gasteiger partial charge in [0.1, 0.15) is 17.7 Å². The molecular formula is C35H53N5O6S. The number of rotatable bonds is 14. The molecule has 0 aliphatic carbocycles. The number of aryl methyl sites for hydroxylation is 1. The van der Waals surface area contributed by atoms with E-state index in [-0.39, 0.29) is 43.7 Å². The highest BCUT2D eigenvalue weighted by Crippen LogP contribution is 2.28. The van der Waals surface area contributed by atoms with Gasteiger partial charge in [-0.05, 0) is 57.1 Å². The minimum Gasteiger partial charge on any atom is -0.444 e. The van der Waals surface area contributed by atoms with Crippen LogP contribution in [0, 0.1) is 12.3 Å². The summed E-state index contributed by atoms with van der Waals surface area (Å²) >= 11 is 1.58. The van der Waals surface area contributed by atoms with Gasteiger partial charge in [-0.2, -0.15) is 0 Å². The molecule has 4 N–H and O–H groups in total. The predicted octanol–water partition coefficient (Wildman–Crippen LogP) is 5.09. The van der Waals surface area contributed by atoms with E-state index in [0.29, 0.717) is 13.0 Å². The van der Waals surface area contributed by atoms with Crippen LogP contribution in [-0.2, 0) is 25.7 Å². The summed E-state index contributed by atoms with van der Waals surface area (Å²) < 4.78 is 5.23. The maximum absolute atomic E-state index is 13.8. The van der Waals surface area contributed by atoms with Gasteiger partial charge < -0.3 is 30.7 Å². The number of aromatic nitrogens is 1. The highest BCUT2D eigenvalue weighted by atomic mass is 32.1. The minimum absolute atomic E-state index is 0.0328. The number of nitrogens with zero attached hydrogens (tertiary/aromatic N) is 2. The molecule has 1 aliphatic rings. The van der Waals surface area contributed by atoms with Crippen molar-refractivity contribution in [3.8, 4) is 10.4 Å². The van der Waals surface area contributed by atoms with Gasteiger partial charge in [-0.25, -0.2) is 9.78 Å². The SMILES string of the molecule is Cc1ncsc1-c1ccc(CNC(=O)[C@@H]2C[C@@H](O)CN2C(=O)C(NC(=O)CCCCCCCNC(=O)OC(C)(C)C)C(C)(C)C)cc1. The highest BCUT2D eigenvalue weighted by Gasteiger charge is 2.44. The first-order valence-electron chi connectivity index (χ1n) is 16.6. The molecular weight excluding hydrogens is 618 g/mol. The van der Waals surface area contributed by atoms with Crippen molar-refractivity contribution in [1.29, 1.82) is 0 Å². The zero-order valence-corrected chi connectivity index (χ0v) is 29.8. The second kappa shape index (κ2) is 17.1. The van der Waals surface area contributed by atoms with Crippen LogP contribution in [0.15, 0.2) is 29.8 Å². The van der Waals surface area contributed by atoms with Crippen molar-refractivity contribution < 1.29 is 29.0 Å². The molecule has 260 valence electrons. The molecule has 1 unspecified atom stereocenters. The van der Waals surface area contributed by atoms with E-state index in [1.807, 2.05) is 78.2 Å². The summed E-state index contributed by atoms with van der Waals surface area (Å²) in [4.78, 5) is 58.6. The number of nitrogens with one attached hydrogen (secondary N) is 3. The van der Waals surface area contributed by atoms with Crippen molar-refractivity contribution in [1.82, 2.24) is 25.8 Å². The lowest BCUT2D eigenvalue weighted by molar-refractivity contribution is -0.144. The number of likely N-dealkylation sites (tertiary alicyclic amines) is 1. The van der Waals surface area contributed by atoms with E-state index in [2.05, 4.69) is 20.9 Å². The average Bonchev–Trinajstić information content (AvgIpc) is 3.59. The monoisotopic (exact) mass is 671 g/mol. The third-order valence-corrected chi connectivity index (χ3v) is 8.94. The van der Waals surface area contributed by atoms with E-state index in [4.69, 9.17) is 4.74 Å². The van der Waals surface area contributed by atoms with E-state index in [0.717, 1.165) is 47.4 Å². The normalized spacial score (nSPS) is 17.2. The Bertz CT molecular complexity index is 1350. The van der Waals surface area contributed by atoms with Gasteiger partial charge in [-0.15, -0.1) is 11.3 Å². The summed E-state index contributed by atoms with van der Waals surface area (Å²) in [6.45, 7) is 13.9. The summed E-state index contributed by atoms with van der Waals surface area (Å²) in [5.74, 6) is -0.926. The van der Waals surface area contributed by atoms with E-state index in [1.54, 1.807) is 11.3 Å². The number of β-amino-alcohol motifs (C(OH)–C–C–N with tert-alkyl or cyclic N) is 1. The molecule has 0 radical (unpaired) electrons. The molecule has 4 amide bonds. The van der Waals surface area contributed by atoms with Crippen LogP contribution < -0.4 is 16.0 Å². The lowest BCUT2D eigenvalue weighted by atomic mass is 9.85. The number of hydrogen-bond acceptors (Lipinski definition) is 8. The zero-order valence-electron chi connectivity index (χ0n) is 29.0. The number of alkyl carbamates (subject to hydrolysis) is 1. The number of hydrogen-bond donors (Lipinski definition) is 4. The van der Waals surface area contributed by atoms with Gasteiger partial charge in [-0.3, -0.25) is 14.4 Å². The smallest absolute Gasteiger partial charge is 0.407 e. The number of thiazole rings is 1. The molecule has 2 heterocycles. The predicted molar refractivity (Wildman–Crippen MR) is 184 cm³/mol. The van der Waals surface area contributed by atoms with Gasteiger partial charge in [0.15, 0.2) is 0 Å². The lowest BCUT2D eigenvalue weighted by Gasteiger charge is -2.35. The topological polar surface area (TPSA) is 150 Å². The first kappa shape index (κ1) is 37.9. The Morgan fingerprint density at radius 2 is 1.66 bits per heavy atom. The fraction of sp³-hybridized carbons (Fsp3) is 0.629. The number of carbonyl (C=O) groups excluding carboxylic acids is 4. The molecule has 47 heavy (non-hydrogen) atoms. The minimum atomic E-state index is -0.850. The van der Waals surface area contributed by atoms with Crippen LogP contribution >= 0.6 is 11.3 Å². The van der Waals surface area contributed by atoms with Crippen LogP contribution in [0.1, 0.15) is 97.7 Å². The third-order valence-electron chi connectivity index (χ3n) is 7.96. The van der Waals surface area contributed by atoms with Crippen LogP contribution in [0.3, 0.4) is 0 Å². The molecule has 3 rings (SSSR count). The largest absolute Gasteiger partial charge is 0.444 e. The number of aliphatic hydroxyl groups is 1. The molecule has 11 nitrogen and oxygen atoms in total. The summed E-state index contributed by atoms with van der Waals surface area (Å²) in [6, 6.07) is 6.23. The number of unbranched alkanes of at least 4 members (excludes halogenated alkanes) is 4. The second-order valence-electron chi connectivity index (χ2n) is 14.4.